The highest BCUT2D eigenvalue weighted by molar-refractivity contribution is 9.10. The molecule has 0 radical (unpaired) electrons. The summed E-state index contributed by atoms with van der Waals surface area (Å²) >= 11 is 9.52. The van der Waals surface area contributed by atoms with Gasteiger partial charge in [0.25, 0.3) is 0 Å². The lowest BCUT2D eigenvalue weighted by Crippen LogP contribution is -2.19. The molecule has 0 aliphatic rings. The van der Waals surface area contributed by atoms with E-state index >= 15 is 0 Å². The Morgan fingerprint density at radius 3 is 2.79 bits per heavy atom. The maximum atomic E-state index is 13.8. The number of hydrogen-bond donors (Lipinski definition) is 2. The van der Waals surface area contributed by atoms with Crippen molar-refractivity contribution in [2.24, 2.45) is 0 Å². The van der Waals surface area contributed by atoms with Crippen LogP contribution in [0, 0.1) is 5.82 Å². The van der Waals surface area contributed by atoms with E-state index in [1.54, 1.807) is 12.1 Å². The topological polar surface area (TPSA) is 33.3 Å². The zero-order valence-corrected chi connectivity index (χ0v) is 15.9. The van der Waals surface area contributed by atoms with Crippen LogP contribution in [-0.4, -0.2) is 20.1 Å². The first-order valence-corrected chi connectivity index (χ1v) is 8.98. The van der Waals surface area contributed by atoms with Gasteiger partial charge in [-0.15, -0.1) is 0 Å². The molecular weight excluding hydrogens is 395 g/mol. The fourth-order valence-corrected chi connectivity index (χ4v) is 2.89. The molecule has 0 heterocycles. The van der Waals surface area contributed by atoms with E-state index in [1.807, 2.05) is 25.2 Å². The van der Waals surface area contributed by atoms with Crippen molar-refractivity contribution in [3.63, 3.8) is 0 Å². The van der Waals surface area contributed by atoms with Crippen LogP contribution >= 0.6 is 27.5 Å². The van der Waals surface area contributed by atoms with Gasteiger partial charge in [0.15, 0.2) is 0 Å². The Kier molecular flexibility index (Phi) is 7.99. The summed E-state index contributed by atoms with van der Waals surface area (Å²) in [6.07, 6.45) is 1.05. The van der Waals surface area contributed by atoms with E-state index in [1.165, 1.54) is 6.07 Å². The third-order valence-corrected chi connectivity index (χ3v) is 4.40. The molecule has 6 heteroatoms. The van der Waals surface area contributed by atoms with E-state index in [-0.39, 0.29) is 12.4 Å². The second kappa shape index (κ2) is 9.99. The number of benzene rings is 2. The quantitative estimate of drug-likeness (QED) is 0.591. The van der Waals surface area contributed by atoms with Crippen LogP contribution in [0.5, 0.6) is 5.75 Å². The molecule has 0 aromatic heterocycles. The van der Waals surface area contributed by atoms with Crippen LogP contribution in [0.15, 0.2) is 40.9 Å². The minimum atomic E-state index is -0.355. The van der Waals surface area contributed by atoms with Crippen LogP contribution in [0.2, 0.25) is 5.02 Å². The Labute approximate surface area is 155 Å². The van der Waals surface area contributed by atoms with Crippen molar-refractivity contribution in [1.29, 1.82) is 0 Å². The molecule has 2 rings (SSSR count). The molecule has 0 aliphatic carbocycles. The lowest BCUT2D eigenvalue weighted by Gasteiger charge is -2.14. The van der Waals surface area contributed by atoms with Crippen LogP contribution in [0.3, 0.4) is 0 Å². The van der Waals surface area contributed by atoms with Crippen LogP contribution < -0.4 is 15.4 Å². The summed E-state index contributed by atoms with van der Waals surface area (Å²) in [4.78, 5) is 0. The fraction of sp³-hybridized carbons (Fsp3) is 0.333. The molecule has 3 nitrogen and oxygen atoms in total. The first-order valence-electron chi connectivity index (χ1n) is 7.81. The molecule has 2 N–H and O–H groups in total. The summed E-state index contributed by atoms with van der Waals surface area (Å²) < 4.78 is 20.6. The highest BCUT2D eigenvalue weighted by atomic mass is 79.9. The van der Waals surface area contributed by atoms with Crippen molar-refractivity contribution in [3.8, 4) is 5.75 Å². The van der Waals surface area contributed by atoms with Gasteiger partial charge in [-0.25, -0.2) is 4.39 Å². The van der Waals surface area contributed by atoms with Crippen LogP contribution in [0.4, 0.5) is 4.39 Å². The second-order valence-corrected chi connectivity index (χ2v) is 6.70. The molecule has 2 aromatic carbocycles. The first kappa shape index (κ1) is 19.2. The minimum Gasteiger partial charge on any atom is -0.488 e. The molecule has 0 atom stereocenters. The monoisotopic (exact) mass is 414 g/mol. The standard InChI is InChI=1S/C18H21BrClFN2O/c1-22-8-3-9-23-11-13-10-14(19)6-7-18(13)24-12-15-16(20)4-2-5-17(15)21/h2,4-7,10,22-23H,3,8-9,11-12H2,1H3. The van der Waals surface area contributed by atoms with Gasteiger partial charge < -0.3 is 15.4 Å². The van der Waals surface area contributed by atoms with E-state index in [0.717, 1.165) is 35.3 Å². The molecule has 0 spiro atoms. The molecule has 0 fully saturated rings. The fourth-order valence-electron chi connectivity index (χ4n) is 2.26. The van der Waals surface area contributed by atoms with Crippen molar-refractivity contribution in [2.45, 2.75) is 19.6 Å². The smallest absolute Gasteiger partial charge is 0.131 e. The average molecular weight is 416 g/mol. The number of halogens is 3. The second-order valence-electron chi connectivity index (χ2n) is 5.37. The van der Waals surface area contributed by atoms with E-state index < -0.39 is 0 Å². The molecule has 130 valence electrons. The Morgan fingerprint density at radius 2 is 2.04 bits per heavy atom. The third kappa shape index (κ3) is 5.74. The molecule has 24 heavy (non-hydrogen) atoms. The Balaban J connectivity index is 2.01. The Morgan fingerprint density at radius 1 is 1.21 bits per heavy atom. The predicted octanol–water partition coefficient (Wildman–Crippen LogP) is 4.52. The van der Waals surface area contributed by atoms with Gasteiger partial charge in [0.1, 0.15) is 18.2 Å². The van der Waals surface area contributed by atoms with Crippen molar-refractivity contribution in [3.05, 3.63) is 62.8 Å². The average Bonchev–Trinajstić information content (AvgIpc) is 2.56. The van der Waals surface area contributed by atoms with Gasteiger partial charge >= 0.3 is 0 Å². The maximum Gasteiger partial charge on any atom is 0.131 e. The van der Waals surface area contributed by atoms with Crippen LogP contribution in [0.1, 0.15) is 17.5 Å². The Hall–Kier alpha value is -1.14. The van der Waals surface area contributed by atoms with Gasteiger partial charge in [0.05, 0.1) is 5.02 Å². The number of ether oxygens (including phenoxy) is 1. The van der Waals surface area contributed by atoms with E-state index in [9.17, 15) is 4.39 Å². The lowest BCUT2D eigenvalue weighted by atomic mass is 10.2. The summed E-state index contributed by atoms with van der Waals surface area (Å²) in [7, 11) is 1.94. The SMILES string of the molecule is CNCCCNCc1cc(Br)ccc1OCc1c(F)cccc1Cl. The van der Waals surface area contributed by atoms with Gasteiger partial charge in [-0.1, -0.05) is 33.6 Å². The summed E-state index contributed by atoms with van der Waals surface area (Å²) in [5.74, 6) is 0.366. The Bertz CT molecular complexity index is 649. The predicted molar refractivity (Wildman–Crippen MR) is 100 cm³/mol. The van der Waals surface area contributed by atoms with Gasteiger partial charge in [-0.2, -0.15) is 0 Å². The normalized spacial score (nSPS) is 10.8. The summed E-state index contributed by atoms with van der Waals surface area (Å²) in [5, 5.41) is 6.87. The lowest BCUT2D eigenvalue weighted by molar-refractivity contribution is 0.296. The van der Waals surface area contributed by atoms with Crippen molar-refractivity contribution < 1.29 is 9.13 Å². The molecular formula is C18H21BrClFN2O. The molecule has 0 aliphatic heterocycles. The van der Waals surface area contributed by atoms with E-state index in [2.05, 4.69) is 26.6 Å². The van der Waals surface area contributed by atoms with Gasteiger partial charge in [-0.3, -0.25) is 0 Å². The first-order chi connectivity index (χ1) is 11.6. The molecule has 0 unspecified atom stereocenters. The van der Waals surface area contributed by atoms with E-state index in [0.29, 0.717) is 17.1 Å². The molecule has 0 saturated heterocycles. The number of hydrogen-bond acceptors (Lipinski definition) is 3. The highest BCUT2D eigenvalue weighted by Gasteiger charge is 2.10. The molecule has 0 bridgehead atoms. The number of rotatable bonds is 9. The zero-order valence-electron chi connectivity index (χ0n) is 13.5. The molecule has 0 saturated carbocycles. The van der Waals surface area contributed by atoms with E-state index in [4.69, 9.17) is 16.3 Å². The van der Waals surface area contributed by atoms with Gasteiger partial charge in [-0.05, 0) is 56.9 Å². The largest absolute Gasteiger partial charge is 0.488 e. The van der Waals surface area contributed by atoms with Crippen LogP contribution in [-0.2, 0) is 13.2 Å². The van der Waals surface area contributed by atoms with Crippen molar-refractivity contribution in [1.82, 2.24) is 10.6 Å². The number of nitrogens with one attached hydrogen (secondary N) is 2. The zero-order chi connectivity index (χ0) is 17.4. The van der Waals surface area contributed by atoms with Crippen molar-refractivity contribution in [2.75, 3.05) is 20.1 Å². The molecule has 0 amide bonds. The van der Waals surface area contributed by atoms with Crippen LogP contribution in [0.25, 0.3) is 0 Å². The third-order valence-electron chi connectivity index (χ3n) is 3.55. The maximum absolute atomic E-state index is 13.8. The summed E-state index contributed by atoms with van der Waals surface area (Å²) in [6.45, 7) is 2.66. The van der Waals surface area contributed by atoms with Gasteiger partial charge in [0.2, 0.25) is 0 Å². The summed E-state index contributed by atoms with van der Waals surface area (Å²) in [5.41, 5.74) is 1.39. The highest BCUT2D eigenvalue weighted by Crippen LogP contribution is 2.26. The summed E-state index contributed by atoms with van der Waals surface area (Å²) in [6, 6.07) is 10.4. The minimum absolute atomic E-state index is 0.0971. The molecule has 2 aromatic rings. The van der Waals surface area contributed by atoms with Crippen molar-refractivity contribution >= 4 is 27.5 Å². The van der Waals surface area contributed by atoms with Gasteiger partial charge in [0, 0.05) is 22.1 Å².